The quantitative estimate of drug-likeness (QED) is 0.868. The van der Waals surface area contributed by atoms with E-state index in [1.165, 1.54) is 5.56 Å². The molecule has 0 spiro atoms. The minimum absolute atomic E-state index is 0.108. The van der Waals surface area contributed by atoms with E-state index in [1.54, 1.807) is 6.07 Å². The van der Waals surface area contributed by atoms with Gasteiger partial charge in [0.25, 0.3) is 0 Å². The zero-order valence-electron chi connectivity index (χ0n) is 10.1. The molecule has 0 aromatic heterocycles. The summed E-state index contributed by atoms with van der Waals surface area (Å²) in [7, 11) is 0. The zero-order chi connectivity index (χ0) is 13.4. The average molecular weight is 339 g/mol. The van der Waals surface area contributed by atoms with Crippen molar-refractivity contribution in [2.24, 2.45) is 0 Å². The van der Waals surface area contributed by atoms with Gasteiger partial charge in [0.05, 0.1) is 12.1 Å². The lowest BCUT2D eigenvalue weighted by Gasteiger charge is -2.21. The van der Waals surface area contributed by atoms with Gasteiger partial charge in [0.2, 0.25) is 0 Å². The molecule has 19 heavy (non-hydrogen) atoms. The van der Waals surface area contributed by atoms with E-state index >= 15 is 0 Å². The van der Waals surface area contributed by atoms with Gasteiger partial charge in [-0.25, -0.2) is 0 Å². The van der Waals surface area contributed by atoms with Crippen LogP contribution in [-0.2, 0) is 6.54 Å². The number of rotatable bonds is 2. The third-order valence-electron chi connectivity index (χ3n) is 3.50. The van der Waals surface area contributed by atoms with Crippen molar-refractivity contribution in [1.29, 1.82) is 0 Å². The summed E-state index contributed by atoms with van der Waals surface area (Å²) < 4.78 is 0.914. The molecule has 0 radical (unpaired) electrons. The van der Waals surface area contributed by atoms with Crippen molar-refractivity contribution >= 4 is 27.5 Å². The summed E-state index contributed by atoms with van der Waals surface area (Å²) in [4.78, 5) is 0. The smallest absolute Gasteiger partial charge is 0.0999 e. The number of aliphatic hydroxyl groups is 1. The molecule has 1 aliphatic rings. The average Bonchev–Trinajstić information content (AvgIpc) is 2.84. The lowest BCUT2D eigenvalue weighted by Crippen LogP contribution is -2.20. The van der Waals surface area contributed by atoms with Crippen LogP contribution in [0.3, 0.4) is 0 Å². The molecule has 4 heteroatoms. The molecule has 0 saturated heterocycles. The number of fused-ring (bicyclic) bond motifs is 1. The fourth-order valence-electron chi connectivity index (χ4n) is 2.53. The van der Waals surface area contributed by atoms with Crippen LogP contribution in [0.15, 0.2) is 46.9 Å². The molecular formula is C15H13BrClNO. The summed E-state index contributed by atoms with van der Waals surface area (Å²) in [5.41, 5.74) is 3.12. The molecule has 0 bridgehead atoms. The maximum absolute atomic E-state index is 10.6. The van der Waals surface area contributed by atoms with Crippen LogP contribution in [0.25, 0.3) is 0 Å². The molecule has 3 rings (SSSR count). The first-order chi connectivity index (χ1) is 9.16. The Bertz CT molecular complexity index is 617. The highest BCUT2D eigenvalue weighted by Gasteiger charge is 2.30. The molecule has 1 aliphatic heterocycles. The van der Waals surface area contributed by atoms with Crippen LogP contribution in [0.5, 0.6) is 0 Å². The van der Waals surface area contributed by atoms with E-state index in [9.17, 15) is 5.11 Å². The second kappa shape index (κ2) is 5.25. The lowest BCUT2D eigenvalue weighted by molar-refractivity contribution is 0.134. The third kappa shape index (κ3) is 2.43. The third-order valence-corrected chi connectivity index (χ3v) is 4.33. The van der Waals surface area contributed by atoms with Crippen molar-refractivity contribution in [2.45, 2.75) is 18.7 Å². The summed E-state index contributed by atoms with van der Waals surface area (Å²) in [6.45, 7) is 0.781. The lowest BCUT2D eigenvalue weighted by atomic mass is 9.96. The van der Waals surface area contributed by atoms with Gasteiger partial charge < -0.3 is 10.4 Å². The Morgan fingerprint density at radius 2 is 2.05 bits per heavy atom. The number of halogens is 2. The zero-order valence-corrected chi connectivity index (χ0v) is 12.4. The molecule has 98 valence electrons. The van der Waals surface area contributed by atoms with E-state index in [4.69, 9.17) is 11.6 Å². The number of nitrogens with one attached hydrogen (secondary N) is 1. The highest BCUT2D eigenvalue weighted by atomic mass is 79.9. The van der Waals surface area contributed by atoms with Gasteiger partial charge in [-0.2, -0.15) is 0 Å². The Balaban J connectivity index is 1.97. The molecule has 0 amide bonds. The minimum atomic E-state index is -0.659. The molecule has 2 N–H and O–H groups in total. The molecule has 2 atom stereocenters. The number of benzene rings is 2. The second-order valence-electron chi connectivity index (χ2n) is 4.67. The first kappa shape index (κ1) is 13.1. The molecule has 0 aliphatic carbocycles. The summed E-state index contributed by atoms with van der Waals surface area (Å²) >= 11 is 9.60. The largest absolute Gasteiger partial charge is 0.386 e. The Hall–Kier alpha value is -0.870. The van der Waals surface area contributed by atoms with E-state index in [2.05, 4.69) is 33.4 Å². The minimum Gasteiger partial charge on any atom is -0.386 e. The summed E-state index contributed by atoms with van der Waals surface area (Å²) in [6.07, 6.45) is -0.659. The normalized spacial score (nSPS) is 19.2. The van der Waals surface area contributed by atoms with Gasteiger partial charge in [-0.3, -0.25) is 0 Å². The van der Waals surface area contributed by atoms with Crippen LogP contribution in [0.1, 0.15) is 28.8 Å². The van der Waals surface area contributed by atoms with Crippen molar-refractivity contribution in [2.75, 3.05) is 0 Å². The fourth-order valence-corrected chi connectivity index (χ4v) is 3.14. The Morgan fingerprint density at radius 3 is 2.89 bits per heavy atom. The molecular weight excluding hydrogens is 326 g/mol. The van der Waals surface area contributed by atoms with Gasteiger partial charge in [-0.05, 0) is 29.3 Å². The van der Waals surface area contributed by atoms with E-state index < -0.39 is 6.10 Å². The monoisotopic (exact) mass is 337 g/mol. The van der Waals surface area contributed by atoms with Gasteiger partial charge in [-0.1, -0.05) is 51.8 Å². The molecule has 0 fully saturated rings. The SMILES string of the molecule is OC(c1cc(Br)ccc1Cl)C1NCc2ccccc21. The highest BCUT2D eigenvalue weighted by Crippen LogP contribution is 2.38. The van der Waals surface area contributed by atoms with Gasteiger partial charge in [0.15, 0.2) is 0 Å². The standard InChI is InChI=1S/C15H13BrClNO/c16-10-5-6-13(17)12(7-10)15(19)14-11-4-2-1-3-9(11)8-18-14/h1-7,14-15,18-19H,8H2. The molecule has 2 aromatic carbocycles. The van der Waals surface area contributed by atoms with Crippen LogP contribution in [0.2, 0.25) is 5.02 Å². The van der Waals surface area contributed by atoms with Crippen LogP contribution in [-0.4, -0.2) is 5.11 Å². The first-order valence-electron chi connectivity index (χ1n) is 6.11. The van der Waals surface area contributed by atoms with Gasteiger partial charge >= 0.3 is 0 Å². The summed E-state index contributed by atoms with van der Waals surface area (Å²) in [5, 5.41) is 14.5. The highest BCUT2D eigenvalue weighted by molar-refractivity contribution is 9.10. The van der Waals surface area contributed by atoms with E-state index in [-0.39, 0.29) is 6.04 Å². The van der Waals surface area contributed by atoms with Gasteiger partial charge in [-0.15, -0.1) is 0 Å². The molecule has 0 saturated carbocycles. The van der Waals surface area contributed by atoms with Crippen LogP contribution in [0, 0.1) is 0 Å². The first-order valence-corrected chi connectivity index (χ1v) is 7.28. The van der Waals surface area contributed by atoms with Crippen LogP contribution in [0.4, 0.5) is 0 Å². The summed E-state index contributed by atoms with van der Waals surface area (Å²) in [6, 6.07) is 13.6. The van der Waals surface area contributed by atoms with Crippen molar-refractivity contribution < 1.29 is 5.11 Å². The predicted molar refractivity (Wildman–Crippen MR) is 80.1 cm³/mol. The molecule has 2 nitrogen and oxygen atoms in total. The molecule has 2 unspecified atom stereocenters. The van der Waals surface area contributed by atoms with Crippen LogP contribution >= 0.6 is 27.5 Å². The fraction of sp³-hybridized carbons (Fsp3) is 0.200. The van der Waals surface area contributed by atoms with Crippen molar-refractivity contribution in [3.05, 3.63) is 68.7 Å². The summed E-state index contributed by atoms with van der Waals surface area (Å²) in [5.74, 6) is 0. The Kier molecular flexibility index (Phi) is 3.63. The van der Waals surface area contributed by atoms with Crippen molar-refractivity contribution in [3.8, 4) is 0 Å². The van der Waals surface area contributed by atoms with Gasteiger partial charge in [0.1, 0.15) is 0 Å². The molecule has 2 aromatic rings. The van der Waals surface area contributed by atoms with Crippen molar-refractivity contribution in [3.63, 3.8) is 0 Å². The number of hydrogen-bond acceptors (Lipinski definition) is 2. The van der Waals surface area contributed by atoms with Gasteiger partial charge in [0, 0.05) is 21.6 Å². The Labute approximate surface area is 125 Å². The van der Waals surface area contributed by atoms with Crippen LogP contribution < -0.4 is 5.32 Å². The van der Waals surface area contributed by atoms with E-state index in [0.29, 0.717) is 5.02 Å². The van der Waals surface area contributed by atoms with E-state index in [1.807, 2.05) is 24.3 Å². The van der Waals surface area contributed by atoms with E-state index in [0.717, 1.165) is 22.1 Å². The van der Waals surface area contributed by atoms with Crippen molar-refractivity contribution in [1.82, 2.24) is 5.32 Å². The maximum Gasteiger partial charge on any atom is 0.0999 e. The maximum atomic E-state index is 10.6. The predicted octanol–water partition coefficient (Wildman–Crippen LogP) is 3.98. The molecule has 1 heterocycles. The Morgan fingerprint density at radius 1 is 1.26 bits per heavy atom. The number of hydrogen-bond donors (Lipinski definition) is 2. The second-order valence-corrected chi connectivity index (χ2v) is 5.99. The topological polar surface area (TPSA) is 32.3 Å². The number of aliphatic hydroxyl groups excluding tert-OH is 1.